The third-order valence-corrected chi connectivity index (χ3v) is 4.02. The van der Waals surface area contributed by atoms with Gasteiger partial charge in [0, 0.05) is 13.1 Å². The second-order valence-electron chi connectivity index (χ2n) is 6.71. The Morgan fingerprint density at radius 3 is 2.17 bits per heavy atom. The third kappa shape index (κ3) is 6.09. The number of nitrogens with one attached hydrogen (secondary N) is 2. The summed E-state index contributed by atoms with van der Waals surface area (Å²) in [5.74, 6) is -0.968. The van der Waals surface area contributed by atoms with E-state index in [-0.39, 0.29) is 30.2 Å². The molecule has 1 unspecified atom stereocenters. The van der Waals surface area contributed by atoms with E-state index in [0.29, 0.717) is 26.3 Å². The molecule has 24 heavy (non-hydrogen) atoms. The Kier molecular flexibility index (Phi) is 8.14. The summed E-state index contributed by atoms with van der Waals surface area (Å²) < 4.78 is 5.24. The highest BCUT2D eigenvalue weighted by molar-refractivity contribution is 5.91. The van der Waals surface area contributed by atoms with Crippen LogP contribution in [0.2, 0.25) is 0 Å². The Morgan fingerprint density at radius 1 is 1.08 bits per heavy atom. The molecule has 0 saturated carbocycles. The first-order valence-electron chi connectivity index (χ1n) is 8.43. The van der Waals surface area contributed by atoms with Gasteiger partial charge in [0.1, 0.15) is 6.04 Å². The zero-order valence-corrected chi connectivity index (χ0v) is 15.0. The van der Waals surface area contributed by atoms with Crippen LogP contribution in [0.1, 0.15) is 27.7 Å². The molecule has 1 aliphatic heterocycles. The van der Waals surface area contributed by atoms with E-state index in [1.165, 1.54) is 0 Å². The van der Waals surface area contributed by atoms with Crippen LogP contribution >= 0.6 is 0 Å². The normalized spacial score (nSPS) is 17.5. The van der Waals surface area contributed by atoms with Gasteiger partial charge in [0.25, 0.3) is 0 Å². The summed E-state index contributed by atoms with van der Waals surface area (Å²) in [5, 5.41) is 5.22. The molecule has 1 fully saturated rings. The van der Waals surface area contributed by atoms with Gasteiger partial charge < -0.3 is 26.0 Å². The second kappa shape index (κ2) is 9.58. The summed E-state index contributed by atoms with van der Waals surface area (Å²) in [5.41, 5.74) is 5.73. The van der Waals surface area contributed by atoms with Gasteiger partial charge in [-0.05, 0) is 11.8 Å². The summed E-state index contributed by atoms with van der Waals surface area (Å²) in [4.78, 5) is 38.1. The number of hydrogen-bond donors (Lipinski definition) is 3. The topological polar surface area (TPSA) is 114 Å². The molecule has 1 heterocycles. The van der Waals surface area contributed by atoms with Crippen molar-refractivity contribution in [3.63, 3.8) is 0 Å². The molecule has 0 spiro atoms. The predicted molar refractivity (Wildman–Crippen MR) is 90.0 cm³/mol. The van der Waals surface area contributed by atoms with E-state index >= 15 is 0 Å². The minimum absolute atomic E-state index is 0.0145. The predicted octanol–water partition coefficient (Wildman–Crippen LogP) is -0.914. The molecule has 0 bridgehead atoms. The molecule has 2 atom stereocenters. The van der Waals surface area contributed by atoms with Crippen molar-refractivity contribution >= 4 is 17.7 Å². The average Bonchev–Trinajstić information content (AvgIpc) is 2.56. The SMILES string of the molecule is CC(C)C(NC(=O)CNC(=O)[C@@H](N)C(C)C)C(=O)N1CCOCC1. The number of ether oxygens (including phenoxy) is 1. The second-order valence-corrected chi connectivity index (χ2v) is 6.71. The van der Waals surface area contributed by atoms with Gasteiger partial charge in [0.2, 0.25) is 17.7 Å². The van der Waals surface area contributed by atoms with E-state index in [9.17, 15) is 14.4 Å². The van der Waals surface area contributed by atoms with Crippen LogP contribution in [0.5, 0.6) is 0 Å². The molecule has 1 aliphatic rings. The summed E-state index contributed by atoms with van der Waals surface area (Å²) in [6.45, 7) is 9.28. The van der Waals surface area contributed by atoms with Gasteiger partial charge in [0.15, 0.2) is 0 Å². The fourth-order valence-electron chi connectivity index (χ4n) is 2.31. The van der Waals surface area contributed by atoms with Crippen LogP contribution < -0.4 is 16.4 Å². The van der Waals surface area contributed by atoms with Crippen molar-refractivity contribution in [3.05, 3.63) is 0 Å². The molecular formula is C16H30N4O4. The highest BCUT2D eigenvalue weighted by Gasteiger charge is 2.29. The maximum atomic E-state index is 12.6. The first-order valence-corrected chi connectivity index (χ1v) is 8.43. The number of nitrogens with zero attached hydrogens (tertiary/aromatic N) is 1. The van der Waals surface area contributed by atoms with Crippen molar-refractivity contribution < 1.29 is 19.1 Å². The smallest absolute Gasteiger partial charge is 0.245 e. The van der Waals surface area contributed by atoms with E-state index in [1.807, 2.05) is 27.7 Å². The largest absolute Gasteiger partial charge is 0.378 e. The third-order valence-electron chi connectivity index (χ3n) is 4.02. The Morgan fingerprint density at radius 2 is 1.67 bits per heavy atom. The van der Waals surface area contributed by atoms with Gasteiger partial charge in [-0.1, -0.05) is 27.7 Å². The van der Waals surface area contributed by atoms with Crippen LogP contribution in [0.3, 0.4) is 0 Å². The van der Waals surface area contributed by atoms with E-state index in [0.717, 1.165) is 0 Å². The first kappa shape index (κ1) is 20.4. The molecule has 0 aromatic rings. The number of hydrogen-bond acceptors (Lipinski definition) is 5. The molecular weight excluding hydrogens is 312 g/mol. The van der Waals surface area contributed by atoms with E-state index in [4.69, 9.17) is 10.5 Å². The first-order chi connectivity index (χ1) is 11.2. The highest BCUT2D eigenvalue weighted by Crippen LogP contribution is 2.08. The number of carbonyl (C=O) groups is 3. The van der Waals surface area contributed by atoms with E-state index in [2.05, 4.69) is 10.6 Å². The Labute approximate surface area is 143 Å². The number of morpholine rings is 1. The quantitative estimate of drug-likeness (QED) is 0.554. The van der Waals surface area contributed by atoms with E-state index < -0.39 is 18.0 Å². The average molecular weight is 342 g/mol. The highest BCUT2D eigenvalue weighted by atomic mass is 16.5. The van der Waals surface area contributed by atoms with Gasteiger partial charge >= 0.3 is 0 Å². The Bertz CT molecular complexity index is 447. The lowest BCUT2D eigenvalue weighted by Gasteiger charge is -2.32. The molecule has 138 valence electrons. The van der Waals surface area contributed by atoms with Crippen molar-refractivity contribution in [1.82, 2.24) is 15.5 Å². The lowest BCUT2D eigenvalue weighted by Crippen LogP contribution is -2.55. The Hall–Kier alpha value is -1.67. The van der Waals surface area contributed by atoms with Gasteiger partial charge in [-0.2, -0.15) is 0 Å². The van der Waals surface area contributed by atoms with Gasteiger partial charge in [-0.3, -0.25) is 14.4 Å². The van der Waals surface area contributed by atoms with Crippen LogP contribution in [0.15, 0.2) is 0 Å². The molecule has 1 saturated heterocycles. The number of amides is 3. The minimum atomic E-state index is -0.659. The van der Waals surface area contributed by atoms with Crippen molar-refractivity contribution in [3.8, 4) is 0 Å². The minimum Gasteiger partial charge on any atom is -0.378 e. The summed E-state index contributed by atoms with van der Waals surface area (Å²) >= 11 is 0. The van der Waals surface area contributed by atoms with Crippen LogP contribution in [-0.2, 0) is 19.1 Å². The summed E-state index contributed by atoms with van der Waals surface area (Å²) in [7, 11) is 0. The Balaban J connectivity index is 2.53. The van der Waals surface area contributed by atoms with Crippen molar-refractivity contribution in [2.45, 2.75) is 39.8 Å². The molecule has 1 rings (SSSR count). The summed E-state index contributed by atoms with van der Waals surface area (Å²) in [6, 6.07) is -1.28. The fourth-order valence-corrected chi connectivity index (χ4v) is 2.31. The fraction of sp³-hybridized carbons (Fsp3) is 0.812. The van der Waals surface area contributed by atoms with Crippen LogP contribution in [0.25, 0.3) is 0 Å². The van der Waals surface area contributed by atoms with Gasteiger partial charge in [-0.15, -0.1) is 0 Å². The van der Waals surface area contributed by atoms with Crippen LogP contribution in [0.4, 0.5) is 0 Å². The molecule has 8 heteroatoms. The van der Waals surface area contributed by atoms with Crippen molar-refractivity contribution in [1.29, 1.82) is 0 Å². The summed E-state index contributed by atoms with van der Waals surface area (Å²) in [6.07, 6.45) is 0. The van der Waals surface area contributed by atoms with Crippen molar-refractivity contribution in [2.24, 2.45) is 17.6 Å². The molecule has 0 radical (unpaired) electrons. The lowest BCUT2D eigenvalue weighted by atomic mass is 10.0. The molecule has 4 N–H and O–H groups in total. The monoisotopic (exact) mass is 342 g/mol. The van der Waals surface area contributed by atoms with Gasteiger partial charge in [0.05, 0.1) is 25.8 Å². The van der Waals surface area contributed by atoms with E-state index in [1.54, 1.807) is 4.90 Å². The van der Waals surface area contributed by atoms with Gasteiger partial charge in [-0.25, -0.2) is 0 Å². The molecule has 0 aromatic heterocycles. The number of nitrogens with two attached hydrogens (primary N) is 1. The standard InChI is InChI=1S/C16H30N4O4/c1-10(2)13(17)15(22)18-9-12(21)19-14(11(3)4)16(23)20-5-7-24-8-6-20/h10-11,13-14H,5-9,17H2,1-4H3,(H,18,22)(H,19,21)/t13-,14?/m0/s1. The van der Waals surface area contributed by atoms with Crippen LogP contribution in [0, 0.1) is 11.8 Å². The molecule has 3 amide bonds. The maximum Gasteiger partial charge on any atom is 0.245 e. The molecule has 0 aliphatic carbocycles. The zero-order chi connectivity index (χ0) is 18.3. The molecule has 0 aromatic carbocycles. The molecule has 8 nitrogen and oxygen atoms in total. The van der Waals surface area contributed by atoms with Crippen LogP contribution in [-0.4, -0.2) is 67.6 Å². The zero-order valence-electron chi connectivity index (χ0n) is 15.0. The van der Waals surface area contributed by atoms with Crippen molar-refractivity contribution in [2.75, 3.05) is 32.8 Å². The lowest BCUT2D eigenvalue weighted by molar-refractivity contribution is -0.141. The number of carbonyl (C=O) groups excluding carboxylic acids is 3. The number of rotatable bonds is 7. The maximum absolute atomic E-state index is 12.6.